The van der Waals surface area contributed by atoms with Crippen LogP contribution in [0, 0.1) is 12.1 Å². The quantitative estimate of drug-likeness (QED) is 0.231. The van der Waals surface area contributed by atoms with Gasteiger partial charge >= 0.3 is 6.18 Å². The molecule has 0 spiro atoms. The number of aliphatic hydroxyl groups excluding tert-OH is 1. The maximum atomic E-state index is 12.5. The number of hydrogen-bond acceptors (Lipinski definition) is 2. The standard InChI is InChI=1S/C17H9F3.C5H8O2.Ir/c18-17(19,20)16-9-7-13(8-10-16)15-6-5-12-3-1-2-4-14(12)11-15;1-4(6)3-5(2)7;/h1-7,9-10H;3,6H,1-2H3;/q-2;;/b;4-3-;. The summed E-state index contributed by atoms with van der Waals surface area (Å²) in [5.41, 5.74) is 0.642. The van der Waals surface area contributed by atoms with Crippen molar-refractivity contribution in [2.75, 3.05) is 0 Å². The Labute approximate surface area is 175 Å². The molecule has 0 aliphatic carbocycles. The summed E-state index contributed by atoms with van der Waals surface area (Å²) < 4.78 is 37.5. The van der Waals surface area contributed by atoms with Gasteiger partial charge in [0.15, 0.2) is 5.78 Å². The molecule has 3 aromatic rings. The predicted octanol–water partition coefficient (Wildman–Crippen LogP) is 6.16. The molecule has 28 heavy (non-hydrogen) atoms. The molecule has 3 rings (SSSR count). The molecule has 0 atom stereocenters. The van der Waals surface area contributed by atoms with Crippen LogP contribution >= 0.6 is 0 Å². The maximum absolute atomic E-state index is 12.5. The Bertz CT molecular complexity index is 957. The summed E-state index contributed by atoms with van der Waals surface area (Å²) in [6, 6.07) is 20.8. The first-order valence-electron chi connectivity index (χ1n) is 8.05. The Morgan fingerprint density at radius 1 is 1.00 bits per heavy atom. The molecule has 0 aliphatic heterocycles. The van der Waals surface area contributed by atoms with E-state index in [1.807, 2.05) is 36.4 Å². The molecular formula is C22H17F3IrO2-2. The van der Waals surface area contributed by atoms with Gasteiger partial charge in [0.05, 0.1) is 5.76 Å². The molecule has 1 radical (unpaired) electrons. The second-order valence-corrected chi connectivity index (χ2v) is 5.84. The molecule has 1 N–H and O–H groups in total. The SMILES string of the molecule is CC(=O)/C=C(/C)O.FC(F)(F)c1c[c-]c(-c2[c-]c3ccccc3cc2)cc1.[Ir]. The monoisotopic (exact) mass is 563 g/mol. The number of hydrogen-bond donors (Lipinski definition) is 1. The summed E-state index contributed by atoms with van der Waals surface area (Å²) in [6.45, 7) is 2.85. The normalized spacial score (nSPS) is 11.2. The Morgan fingerprint density at radius 2 is 1.64 bits per heavy atom. The number of benzene rings is 3. The number of allylic oxidation sites excluding steroid dienone is 2. The molecule has 0 heterocycles. The number of rotatable bonds is 2. The van der Waals surface area contributed by atoms with E-state index in [4.69, 9.17) is 5.11 Å². The van der Waals surface area contributed by atoms with Crippen molar-refractivity contribution in [1.29, 1.82) is 0 Å². The Kier molecular flexibility index (Phi) is 8.61. The van der Waals surface area contributed by atoms with Crippen molar-refractivity contribution < 1.29 is 43.2 Å². The zero-order chi connectivity index (χ0) is 20.0. The summed E-state index contributed by atoms with van der Waals surface area (Å²) in [5, 5.41) is 10.3. The van der Waals surface area contributed by atoms with Crippen molar-refractivity contribution in [3.63, 3.8) is 0 Å². The third-order valence-corrected chi connectivity index (χ3v) is 3.50. The number of alkyl halides is 3. The predicted molar refractivity (Wildman–Crippen MR) is 99.1 cm³/mol. The van der Waals surface area contributed by atoms with Crippen molar-refractivity contribution >= 4 is 16.6 Å². The first-order valence-corrected chi connectivity index (χ1v) is 8.05. The largest absolute Gasteiger partial charge is 0.512 e. The van der Waals surface area contributed by atoms with Gasteiger partial charge in [-0.05, 0) is 19.4 Å². The van der Waals surface area contributed by atoms with Crippen molar-refractivity contribution in [3.05, 3.63) is 84.1 Å². The first-order chi connectivity index (χ1) is 12.7. The number of carbonyl (C=O) groups is 1. The fraction of sp³-hybridized carbons (Fsp3) is 0.136. The van der Waals surface area contributed by atoms with Gasteiger partial charge in [-0.2, -0.15) is 43.0 Å². The molecule has 0 aliphatic rings. The van der Waals surface area contributed by atoms with Crippen LogP contribution in [0.3, 0.4) is 0 Å². The topological polar surface area (TPSA) is 37.3 Å². The molecule has 0 aromatic heterocycles. The van der Waals surface area contributed by atoms with E-state index in [2.05, 4.69) is 12.1 Å². The van der Waals surface area contributed by atoms with E-state index in [1.165, 1.54) is 26.0 Å². The minimum Gasteiger partial charge on any atom is -0.512 e. The Balaban J connectivity index is 0.000000425. The summed E-state index contributed by atoms with van der Waals surface area (Å²) in [6.07, 6.45) is -3.16. The van der Waals surface area contributed by atoms with E-state index in [-0.39, 0.29) is 31.6 Å². The third-order valence-electron chi connectivity index (χ3n) is 3.50. The van der Waals surface area contributed by atoms with Crippen molar-refractivity contribution in [3.8, 4) is 11.1 Å². The van der Waals surface area contributed by atoms with Crippen LogP contribution in [0.1, 0.15) is 19.4 Å². The summed E-state index contributed by atoms with van der Waals surface area (Å²) >= 11 is 0. The molecular weight excluding hydrogens is 545 g/mol. The van der Waals surface area contributed by atoms with Gasteiger partial charge in [0, 0.05) is 26.2 Å². The van der Waals surface area contributed by atoms with E-state index in [1.54, 1.807) is 0 Å². The molecule has 0 saturated heterocycles. The third kappa shape index (κ3) is 6.95. The van der Waals surface area contributed by atoms with Gasteiger partial charge in [-0.1, -0.05) is 23.6 Å². The van der Waals surface area contributed by atoms with Crippen molar-refractivity contribution in [2.45, 2.75) is 20.0 Å². The Morgan fingerprint density at radius 3 is 2.14 bits per heavy atom. The smallest absolute Gasteiger partial charge is 0.381 e. The van der Waals surface area contributed by atoms with Crippen molar-refractivity contribution in [1.82, 2.24) is 0 Å². The van der Waals surface area contributed by atoms with Crippen molar-refractivity contribution in [2.24, 2.45) is 0 Å². The van der Waals surface area contributed by atoms with Gasteiger partial charge in [-0.3, -0.25) is 4.79 Å². The maximum Gasteiger partial charge on any atom is 0.381 e. The molecule has 2 nitrogen and oxygen atoms in total. The average molecular weight is 563 g/mol. The molecule has 0 unspecified atom stereocenters. The van der Waals surface area contributed by atoms with E-state index < -0.39 is 11.7 Å². The zero-order valence-corrected chi connectivity index (χ0v) is 17.5. The van der Waals surface area contributed by atoms with Gasteiger partial charge in [0.2, 0.25) is 0 Å². The van der Waals surface area contributed by atoms with E-state index >= 15 is 0 Å². The number of halogens is 3. The number of carbonyl (C=O) groups excluding carboxylic acids is 1. The minimum absolute atomic E-state index is 0. The van der Waals surface area contributed by atoms with Gasteiger partial charge in [0.25, 0.3) is 0 Å². The first kappa shape index (κ1) is 23.6. The van der Waals surface area contributed by atoms with E-state index in [9.17, 15) is 18.0 Å². The summed E-state index contributed by atoms with van der Waals surface area (Å²) in [4.78, 5) is 10.0. The minimum atomic E-state index is -4.33. The molecule has 0 fully saturated rings. The number of ketones is 1. The van der Waals surface area contributed by atoms with Crippen LogP contribution in [0.5, 0.6) is 0 Å². The van der Waals surface area contributed by atoms with Crippen LogP contribution in [-0.2, 0) is 31.1 Å². The number of fused-ring (bicyclic) bond motifs is 1. The van der Waals surface area contributed by atoms with Gasteiger partial charge in [-0.25, -0.2) is 5.56 Å². The molecule has 3 aromatic carbocycles. The number of aliphatic hydroxyl groups is 1. The molecule has 0 bridgehead atoms. The molecule has 6 heteroatoms. The fourth-order valence-electron chi connectivity index (χ4n) is 2.34. The van der Waals surface area contributed by atoms with Gasteiger partial charge in [0.1, 0.15) is 0 Å². The fourth-order valence-corrected chi connectivity index (χ4v) is 2.34. The molecule has 0 amide bonds. The van der Waals surface area contributed by atoms with Crippen LogP contribution < -0.4 is 0 Å². The zero-order valence-electron chi connectivity index (χ0n) is 15.1. The van der Waals surface area contributed by atoms with Crippen LogP contribution in [0.4, 0.5) is 13.2 Å². The van der Waals surface area contributed by atoms with Crippen LogP contribution in [0.2, 0.25) is 0 Å². The van der Waals surface area contributed by atoms with Crippen LogP contribution in [0.15, 0.2) is 66.4 Å². The van der Waals surface area contributed by atoms with Crippen LogP contribution in [0.25, 0.3) is 21.9 Å². The Hall–Kier alpha value is -2.43. The molecule has 0 saturated carbocycles. The summed E-state index contributed by atoms with van der Waals surface area (Å²) in [7, 11) is 0. The van der Waals surface area contributed by atoms with E-state index in [0.29, 0.717) is 5.56 Å². The second kappa shape index (κ2) is 10.2. The van der Waals surface area contributed by atoms with Crippen LogP contribution in [-0.4, -0.2) is 10.9 Å². The van der Waals surface area contributed by atoms with E-state index in [0.717, 1.165) is 28.5 Å². The van der Waals surface area contributed by atoms with Gasteiger partial charge in [-0.15, -0.1) is 29.7 Å². The average Bonchev–Trinajstić information content (AvgIpc) is 2.60. The van der Waals surface area contributed by atoms with Gasteiger partial charge < -0.3 is 5.11 Å². The molecule has 149 valence electrons. The second-order valence-electron chi connectivity index (χ2n) is 5.84. The summed E-state index contributed by atoms with van der Waals surface area (Å²) in [5.74, 6) is -0.0625.